The third-order valence-electron chi connectivity index (χ3n) is 12.5. The van der Waals surface area contributed by atoms with Gasteiger partial charge in [0.2, 0.25) is 11.8 Å². The van der Waals surface area contributed by atoms with Crippen LogP contribution >= 0.6 is 28.3 Å². The third-order valence-corrected chi connectivity index (χ3v) is 12.9. The summed E-state index contributed by atoms with van der Waals surface area (Å²) in [7, 11) is 0. The van der Waals surface area contributed by atoms with Crippen LogP contribution in [-0.2, 0) is 9.59 Å². The molecule has 0 radical (unpaired) electrons. The van der Waals surface area contributed by atoms with Crippen molar-refractivity contribution in [2.75, 3.05) is 51.3 Å². The van der Waals surface area contributed by atoms with Crippen molar-refractivity contribution in [3.05, 3.63) is 192 Å². The first-order valence-corrected chi connectivity index (χ1v) is 24.6. The number of amides is 2. The lowest BCUT2D eigenvalue weighted by Crippen LogP contribution is -2.48. The number of alkyl halides is 1. The minimum absolute atomic E-state index is 0. The van der Waals surface area contributed by atoms with E-state index in [9.17, 15) is 9.59 Å². The first-order valence-electron chi connectivity index (χ1n) is 23.5. The molecule has 0 bridgehead atoms. The fraction of sp³-hybridized carbons (Fsp3) is 0.357. The zero-order valence-corrected chi connectivity index (χ0v) is 42.3. The van der Waals surface area contributed by atoms with Gasteiger partial charge in [-0.15, -0.1) is 12.4 Å². The summed E-state index contributed by atoms with van der Waals surface area (Å²) in [5, 5.41) is 10.8. The Morgan fingerprint density at radius 1 is 0.618 bits per heavy atom. The van der Waals surface area contributed by atoms with Crippen LogP contribution in [-0.4, -0.2) is 77.9 Å². The number of nitrogens with zero attached hydrogens (tertiary/aromatic N) is 3. The maximum atomic E-state index is 13.5. The quantitative estimate of drug-likeness (QED) is 0.0871. The summed E-state index contributed by atoms with van der Waals surface area (Å²) >= 11 is 3.28. The minimum Gasteiger partial charge on any atom is -0.493 e. The largest absolute Gasteiger partial charge is 0.493 e. The van der Waals surface area contributed by atoms with Crippen LogP contribution in [0.15, 0.2) is 158 Å². The second-order valence-electron chi connectivity index (χ2n) is 17.9. The fourth-order valence-corrected chi connectivity index (χ4v) is 8.41. The van der Waals surface area contributed by atoms with Crippen molar-refractivity contribution in [1.29, 1.82) is 0 Å². The normalized spacial score (nSPS) is 15.8. The molecule has 3 N–H and O–H groups in total. The van der Waals surface area contributed by atoms with Gasteiger partial charge in [-0.3, -0.25) is 24.5 Å². The van der Waals surface area contributed by atoms with Crippen LogP contribution in [0.5, 0.6) is 11.5 Å². The number of carbonyl (C=O) groups excluding carboxylic acids is 2. The number of pyridine rings is 2. The van der Waals surface area contributed by atoms with Crippen molar-refractivity contribution in [3.8, 4) is 11.5 Å². The summed E-state index contributed by atoms with van der Waals surface area (Å²) in [5.41, 5.74) is 5.48. The van der Waals surface area contributed by atoms with Gasteiger partial charge in [0.25, 0.3) is 0 Å². The number of halogens is 2. The molecule has 4 aromatic carbocycles. The molecule has 2 saturated heterocycles. The number of benzene rings is 4. The van der Waals surface area contributed by atoms with E-state index in [2.05, 4.69) is 111 Å². The van der Waals surface area contributed by atoms with Gasteiger partial charge in [0.05, 0.1) is 30.1 Å². The highest BCUT2D eigenvalue weighted by atomic mass is 79.9. The number of hydrogen-bond acceptors (Lipinski definition) is 8. The summed E-state index contributed by atoms with van der Waals surface area (Å²) in [6.07, 6.45) is 6.93. The number of nitrogens with one attached hydrogen (secondary N) is 3. The molecule has 2 aliphatic heterocycles. The minimum atomic E-state index is -0.395. The molecule has 68 heavy (non-hydrogen) atoms. The van der Waals surface area contributed by atoms with Crippen molar-refractivity contribution in [2.45, 2.75) is 65.5 Å². The maximum absolute atomic E-state index is 13.5. The highest BCUT2D eigenvalue weighted by Crippen LogP contribution is 2.34. The lowest BCUT2D eigenvalue weighted by molar-refractivity contribution is -0.133. The molecule has 2 amide bonds. The van der Waals surface area contributed by atoms with Gasteiger partial charge >= 0.3 is 0 Å². The lowest BCUT2D eigenvalue weighted by Gasteiger charge is -2.39. The van der Waals surface area contributed by atoms with Gasteiger partial charge < -0.3 is 25.4 Å². The van der Waals surface area contributed by atoms with E-state index < -0.39 is 5.41 Å². The summed E-state index contributed by atoms with van der Waals surface area (Å²) < 4.78 is 11.1. The highest BCUT2D eigenvalue weighted by Gasteiger charge is 2.39. The molecule has 0 spiro atoms. The Morgan fingerprint density at radius 2 is 1.06 bits per heavy atom. The summed E-state index contributed by atoms with van der Waals surface area (Å²) in [6, 6.07) is 47.4. The van der Waals surface area contributed by atoms with E-state index in [1.807, 2.05) is 109 Å². The van der Waals surface area contributed by atoms with Crippen LogP contribution < -0.4 is 25.4 Å². The standard InChI is InChI=1S/C28H33N3O2.C20H25N3O.C8H9BrO.ClH/c1-22-9-8-10-23(21-22)26(25-13-6-7-16-29-25)30-27(32)28(2)14-17-31(18-15-28)19-20-33-24-11-4-3-5-12-24;1-15-6-5-7-16(14-15)18(17-8-3-4-11-22-17)23-19(24)20(2)9-12-21-13-10-20;9-6-7-10-8-4-2-1-3-5-8;/h3-13,16,21,26H,14-15,17-20H2,1-2H3,(H,30,32);3-8,11,14,18,21H,9-10,12-13H2,1-2H3,(H,23,24);1-5H,6-7H2;1H. The Kier molecular flexibility index (Phi) is 21.5. The first-order chi connectivity index (χ1) is 32.5. The van der Waals surface area contributed by atoms with Crippen molar-refractivity contribution >= 4 is 40.2 Å². The van der Waals surface area contributed by atoms with Gasteiger partial charge in [0.15, 0.2) is 0 Å². The van der Waals surface area contributed by atoms with Crippen LogP contribution in [0.2, 0.25) is 0 Å². The molecule has 360 valence electrons. The van der Waals surface area contributed by atoms with Crippen LogP contribution in [0.4, 0.5) is 0 Å². The van der Waals surface area contributed by atoms with Gasteiger partial charge in [0, 0.05) is 35.1 Å². The molecule has 4 heterocycles. The van der Waals surface area contributed by atoms with E-state index in [0.717, 1.165) is 104 Å². The molecule has 2 fully saturated rings. The van der Waals surface area contributed by atoms with E-state index in [1.165, 1.54) is 11.1 Å². The molecular formula is C56H68BrClN6O4. The van der Waals surface area contributed by atoms with Gasteiger partial charge in [-0.25, -0.2) is 0 Å². The first kappa shape index (κ1) is 53.4. The highest BCUT2D eigenvalue weighted by molar-refractivity contribution is 9.09. The summed E-state index contributed by atoms with van der Waals surface area (Å²) in [5.74, 6) is 2.04. The Balaban J connectivity index is 0.000000215. The number of piperidine rings is 2. The number of para-hydroxylation sites is 2. The van der Waals surface area contributed by atoms with E-state index >= 15 is 0 Å². The maximum Gasteiger partial charge on any atom is 0.226 e. The Labute approximate surface area is 418 Å². The van der Waals surface area contributed by atoms with Crippen molar-refractivity contribution in [2.24, 2.45) is 10.8 Å². The number of carbonyl (C=O) groups is 2. The van der Waals surface area contributed by atoms with Gasteiger partial charge in [-0.05, 0) is 125 Å². The zero-order chi connectivity index (χ0) is 47.3. The zero-order valence-electron chi connectivity index (χ0n) is 39.9. The molecule has 2 aliphatic rings. The molecule has 6 aromatic rings. The third kappa shape index (κ3) is 16.3. The smallest absolute Gasteiger partial charge is 0.226 e. The number of hydrogen-bond donors (Lipinski definition) is 3. The predicted octanol–water partition coefficient (Wildman–Crippen LogP) is 10.6. The van der Waals surface area contributed by atoms with Crippen molar-refractivity contribution in [3.63, 3.8) is 0 Å². The number of rotatable bonds is 15. The monoisotopic (exact) mass is 1000 g/mol. The van der Waals surface area contributed by atoms with E-state index in [0.29, 0.717) is 6.61 Å². The average molecular weight is 1000 g/mol. The Hall–Kier alpha value is -5.59. The van der Waals surface area contributed by atoms with Gasteiger partial charge in [-0.2, -0.15) is 0 Å². The van der Waals surface area contributed by atoms with Gasteiger partial charge in [-0.1, -0.05) is 138 Å². The molecular weight excluding hydrogens is 936 g/mol. The Morgan fingerprint density at radius 3 is 1.49 bits per heavy atom. The average Bonchev–Trinajstić information content (AvgIpc) is 3.36. The number of aromatic nitrogens is 2. The second kappa shape index (κ2) is 27.4. The van der Waals surface area contributed by atoms with E-state index in [1.54, 1.807) is 12.4 Å². The molecule has 0 saturated carbocycles. The van der Waals surface area contributed by atoms with E-state index in [-0.39, 0.29) is 41.7 Å². The lowest BCUT2D eigenvalue weighted by atomic mass is 9.79. The molecule has 2 unspecified atom stereocenters. The van der Waals surface area contributed by atoms with Gasteiger partial charge in [0.1, 0.15) is 18.1 Å². The number of aryl methyl sites for hydroxylation is 2. The molecule has 0 aliphatic carbocycles. The molecule has 10 nitrogen and oxygen atoms in total. The summed E-state index contributed by atoms with van der Waals surface area (Å²) in [4.78, 5) is 37.9. The SMILES string of the molecule is BrCCOc1ccccc1.Cc1cccc(C(NC(=O)C2(C)CCN(CCOc3ccccc3)CC2)c2ccccn2)c1.Cc1cccc(C(NC(=O)C2(C)CCNCC2)c2ccccn2)c1.Cl. The van der Waals surface area contributed by atoms with Crippen LogP contribution in [0.3, 0.4) is 0 Å². The summed E-state index contributed by atoms with van der Waals surface area (Å²) in [6.45, 7) is 14.1. The number of likely N-dealkylation sites (tertiary alicyclic amines) is 1. The van der Waals surface area contributed by atoms with Crippen LogP contribution in [0, 0.1) is 24.7 Å². The van der Waals surface area contributed by atoms with E-state index in [4.69, 9.17) is 9.47 Å². The predicted molar refractivity (Wildman–Crippen MR) is 280 cm³/mol. The second-order valence-corrected chi connectivity index (χ2v) is 18.7. The Bertz CT molecular complexity index is 2390. The number of ether oxygens (including phenoxy) is 2. The van der Waals surface area contributed by atoms with Crippen LogP contribution in [0.25, 0.3) is 0 Å². The molecule has 2 aromatic heterocycles. The topological polar surface area (TPSA) is 118 Å². The fourth-order valence-electron chi connectivity index (χ4n) is 8.24. The van der Waals surface area contributed by atoms with Crippen molar-refractivity contribution < 1.29 is 19.1 Å². The van der Waals surface area contributed by atoms with Crippen molar-refractivity contribution in [1.82, 2.24) is 30.8 Å². The van der Waals surface area contributed by atoms with Crippen LogP contribution in [0.1, 0.15) is 85.3 Å². The molecule has 8 rings (SSSR count). The molecule has 12 heteroatoms. The molecule has 2 atom stereocenters.